The summed E-state index contributed by atoms with van der Waals surface area (Å²) in [5.41, 5.74) is 0. The van der Waals surface area contributed by atoms with Gasteiger partial charge in [0.15, 0.2) is 5.79 Å². The zero-order valence-electron chi connectivity index (χ0n) is 10.2. The van der Waals surface area contributed by atoms with Crippen LogP contribution in [-0.4, -0.2) is 45.7 Å². The van der Waals surface area contributed by atoms with Crippen molar-refractivity contribution in [3.05, 3.63) is 0 Å². The van der Waals surface area contributed by atoms with Crippen molar-refractivity contribution < 1.29 is 24.5 Å². The molecule has 1 rings (SSSR count). The van der Waals surface area contributed by atoms with Crippen molar-refractivity contribution >= 4 is 28.9 Å². The molecule has 0 aromatic carbocycles. The molecule has 0 aromatic heterocycles. The van der Waals surface area contributed by atoms with E-state index in [2.05, 4.69) is 0 Å². The molecule has 100 valence electrons. The highest BCUT2D eigenvalue weighted by Gasteiger charge is 2.46. The lowest BCUT2D eigenvalue weighted by Gasteiger charge is -2.45. The Morgan fingerprint density at radius 1 is 1.65 bits per heavy atom. The Morgan fingerprint density at radius 2 is 2.24 bits per heavy atom. The smallest absolute Gasteiger partial charge is 0.165 e. The van der Waals surface area contributed by atoms with Crippen molar-refractivity contribution in [2.75, 3.05) is 7.11 Å². The molecule has 1 saturated heterocycles. The van der Waals surface area contributed by atoms with Gasteiger partial charge in [0.1, 0.15) is 10.4 Å². The summed E-state index contributed by atoms with van der Waals surface area (Å²) in [5, 5.41) is 19.6. The van der Waals surface area contributed by atoms with E-state index in [1.54, 1.807) is 36.6 Å². The SMILES string of the molecule is COC1C[C@](C)(O)OC(C(C=O)[C@H](O)I)C1C. The first-order valence-corrected chi connectivity index (χ1v) is 6.77. The Morgan fingerprint density at radius 3 is 2.65 bits per heavy atom. The average molecular weight is 358 g/mol. The lowest BCUT2D eigenvalue weighted by Crippen LogP contribution is -2.54. The maximum absolute atomic E-state index is 11.0. The van der Waals surface area contributed by atoms with Gasteiger partial charge in [0, 0.05) is 19.4 Å². The molecule has 0 radical (unpaired) electrons. The van der Waals surface area contributed by atoms with E-state index in [-0.39, 0.29) is 12.0 Å². The van der Waals surface area contributed by atoms with Crippen molar-refractivity contribution in [3.63, 3.8) is 0 Å². The fraction of sp³-hybridized carbons (Fsp3) is 0.909. The fourth-order valence-corrected chi connectivity index (χ4v) is 2.82. The van der Waals surface area contributed by atoms with Crippen LogP contribution in [0.1, 0.15) is 20.3 Å². The minimum atomic E-state index is -1.33. The molecule has 2 N–H and O–H groups in total. The second-order valence-corrected chi connectivity index (χ2v) is 5.96. The second-order valence-electron chi connectivity index (χ2n) is 4.68. The van der Waals surface area contributed by atoms with Gasteiger partial charge in [-0.3, -0.25) is 0 Å². The average Bonchev–Trinajstić information content (AvgIpc) is 2.22. The zero-order valence-corrected chi connectivity index (χ0v) is 12.3. The van der Waals surface area contributed by atoms with E-state index < -0.39 is 21.9 Å². The molecular weight excluding hydrogens is 339 g/mol. The molecule has 1 heterocycles. The molecule has 5 nitrogen and oxygen atoms in total. The number of aliphatic hydroxyl groups is 2. The third kappa shape index (κ3) is 3.60. The van der Waals surface area contributed by atoms with Crippen molar-refractivity contribution in [3.8, 4) is 0 Å². The van der Waals surface area contributed by atoms with Crippen LogP contribution in [0.15, 0.2) is 0 Å². The third-order valence-electron chi connectivity index (χ3n) is 3.23. The number of carbonyl (C=O) groups is 1. The number of carbonyl (C=O) groups excluding carboxylic acids is 1. The van der Waals surface area contributed by atoms with Crippen LogP contribution < -0.4 is 0 Å². The minimum absolute atomic E-state index is 0.0696. The number of halogens is 1. The first kappa shape index (κ1) is 15.3. The van der Waals surface area contributed by atoms with Crippen LogP contribution in [-0.2, 0) is 14.3 Å². The summed E-state index contributed by atoms with van der Waals surface area (Å²) < 4.78 is 9.97. The van der Waals surface area contributed by atoms with Crippen molar-refractivity contribution in [2.45, 2.75) is 42.4 Å². The molecule has 0 saturated carbocycles. The summed E-state index contributed by atoms with van der Waals surface area (Å²) in [7, 11) is 1.57. The van der Waals surface area contributed by atoms with Crippen LogP contribution in [0.25, 0.3) is 0 Å². The van der Waals surface area contributed by atoms with Crippen LogP contribution in [0, 0.1) is 11.8 Å². The van der Waals surface area contributed by atoms with E-state index >= 15 is 0 Å². The summed E-state index contributed by atoms with van der Waals surface area (Å²) in [4.78, 5) is 11.0. The highest BCUT2D eigenvalue weighted by molar-refractivity contribution is 14.1. The number of hydrogen-bond acceptors (Lipinski definition) is 5. The van der Waals surface area contributed by atoms with Gasteiger partial charge in [0.25, 0.3) is 0 Å². The number of methoxy groups -OCH3 is 1. The predicted molar refractivity (Wildman–Crippen MR) is 69.7 cm³/mol. The van der Waals surface area contributed by atoms with Gasteiger partial charge in [-0.1, -0.05) is 29.5 Å². The highest BCUT2D eigenvalue weighted by Crippen LogP contribution is 2.37. The maximum Gasteiger partial charge on any atom is 0.165 e. The predicted octanol–water partition coefficient (Wildman–Crippen LogP) is 0.703. The number of hydrogen-bond donors (Lipinski definition) is 2. The molecule has 1 aliphatic rings. The molecule has 4 unspecified atom stereocenters. The molecule has 6 heteroatoms. The van der Waals surface area contributed by atoms with E-state index in [0.29, 0.717) is 12.7 Å². The Hall–Kier alpha value is 0.240. The van der Waals surface area contributed by atoms with Gasteiger partial charge >= 0.3 is 0 Å². The molecule has 17 heavy (non-hydrogen) atoms. The topological polar surface area (TPSA) is 76.0 Å². The second kappa shape index (κ2) is 5.92. The Balaban J connectivity index is 2.91. The van der Waals surface area contributed by atoms with Gasteiger partial charge in [-0.05, 0) is 6.92 Å². The molecule has 0 aromatic rings. The number of ether oxygens (including phenoxy) is 2. The normalized spacial score (nSPS) is 41.9. The van der Waals surface area contributed by atoms with Gasteiger partial charge in [-0.2, -0.15) is 0 Å². The molecule has 0 bridgehead atoms. The largest absolute Gasteiger partial charge is 0.382 e. The van der Waals surface area contributed by atoms with Gasteiger partial charge in [-0.25, -0.2) is 0 Å². The van der Waals surface area contributed by atoms with E-state index in [1.165, 1.54) is 0 Å². The highest BCUT2D eigenvalue weighted by atomic mass is 127. The Bertz CT molecular complexity index is 269. The lowest BCUT2D eigenvalue weighted by atomic mass is 9.83. The number of rotatable bonds is 4. The number of alkyl halides is 1. The van der Waals surface area contributed by atoms with Crippen LogP contribution in [0.3, 0.4) is 0 Å². The standard InChI is InChI=1S/C11H19IO5/c1-6-8(16-3)4-11(2,15)17-9(6)7(5-13)10(12)14/h5-10,14-15H,4H2,1-3H3/t6?,7?,8?,9?,10-,11+/m0/s1. The van der Waals surface area contributed by atoms with Gasteiger partial charge in [0.05, 0.1) is 18.1 Å². The minimum Gasteiger partial charge on any atom is -0.382 e. The fourth-order valence-electron chi connectivity index (χ4n) is 2.25. The summed E-state index contributed by atoms with van der Waals surface area (Å²) in [5.74, 6) is -2.07. The Kier molecular flexibility index (Phi) is 5.33. The van der Waals surface area contributed by atoms with E-state index in [4.69, 9.17) is 9.47 Å². The summed E-state index contributed by atoms with van der Waals surface area (Å²) >= 11 is 1.77. The zero-order chi connectivity index (χ0) is 13.2. The van der Waals surface area contributed by atoms with Gasteiger partial charge in [0.2, 0.25) is 0 Å². The van der Waals surface area contributed by atoms with E-state index in [0.717, 1.165) is 0 Å². The number of aliphatic hydroxyl groups excluding tert-OH is 1. The molecule has 0 amide bonds. The quantitative estimate of drug-likeness (QED) is 0.440. The van der Waals surface area contributed by atoms with E-state index in [1.807, 2.05) is 6.92 Å². The number of aldehydes is 1. The molecular formula is C11H19IO5. The lowest BCUT2D eigenvalue weighted by molar-refractivity contribution is -0.289. The first-order valence-electron chi connectivity index (χ1n) is 5.53. The van der Waals surface area contributed by atoms with Crippen molar-refractivity contribution in [2.24, 2.45) is 11.8 Å². The van der Waals surface area contributed by atoms with Crippen LogP contribution in [0.2, 0.25) is 0 Å². The van der Waals surface area contributed by atoms with Gasteiger partial charge in [-0.15, -0.1) is 0 Å². The van der Waals surface area contributed by atoms with Gasteiger partial charge < -0.3 is 24.5 Å². The van der Waals surface area contributed by atoms with Crippen LogP contribution >= 0.6 is 22.6 Å². The van der Waals surface area contributed by atoms with Crippen LogP contribution in [0.4, 0.5) is 0 Å². The van der Waals surface area contributed by atoms with Crippen molar-refractivity contribution in [1.29, 1.82) is 0 Å². The molecule has 6 atom stereocenters. The molecule has 0 spiro atoms. The summed E-state index contributed by atoms with van der Waals surface area (Å²) in [6.07, 6.45) is 0.283. The van der Waals surface area contributed by atoms with E-state index in [9.17, 15) is 15.0 Å². The molecule has 1 aliphatic heterocycles. The Labute approximate surface area is 115 Å². The summed E-state index contributed by atoms with van der Waals surface area (Å²) in [6.45, 7) is 3.43. The van der Waals surface area contributed by atoms with Crippen LogP contribution in [0.5, 0.6) is 0 Å². The molecule has 0 aliphatic carbocycles. The maximum atomic E-state index is 11.0. The molecule has 1 fully saturated rings. The summed E-state index contributed by atoms with van der Waals surface area (Å²) in [6, 6.07) is 0. The third-order valence-corrected chi connectivity index (χ3v) is 4.06. The monoisotopic (exact) mass is 358 g/mol. The van der Waals surface area contributed by atoms with Crippen molar-refractivity contribution in [1.82, 2.24) is 0 Å². The first-order chi connectivity index (χ1) is 7.82.